The Morgan fingerprint density at radius 2 is 2.00 bits per heavy atom. The highest BCUT2D eigenvalue weighted by molar-refractivity contribution is 5.89. The Kier molecular flexibility index (Phi) is 4.97. The van der Waals surface area contributed by atoms with Crippen molar-refractivity contribution in [2.24, 2.45) is 11.8 Å². The molecule has 17 heavy (non-hydrogen) atoms. The van der Waals surface area contributed by atoms with Crippen molar-refractivity contribution in [3.63, 3.8) is 0 Å². The Balaban J connectivity index is 2.59. The largest absolute Gasteiger partial charge is 0.343 e. The van der Waals surface area contributed by atoms with Crippen molar-refractivity contribution in [3.8, 4) is 0 Å². The van der Waals surface area contributed by atoms with E-state index in [1.165, 1.54) is 0 Å². The summed E-state index contributed by atoms with van der Waals surface area (Å²) < 4.78 is 0. The number of hydrogen-bond donors (Lipinski definition) is 0. The molecule has 98 valence electrons. The lowest BCUT2D eigenvalue weighted by Gasteiger charge is -2.23. The minimum Gasteiger partial charge on any atom is -0.343 e. The van der Waals surface area contributed by atoms with Gasteiger partial charge in [-0.05, 0) is 19.8 Å². The van der Waals surface area contributed by atoms with Gasteiger partial charge in [-0.15, -0.1) is 0 Å². The van der Waals surface area contributed by atoms with Crippen LogP contribution >= 0.6 is 0 Å². The van der Waals surface area contributed by atoms with Gasteiger partial charge in [-0.25, -0.2) is 0 Å². The Labute approximate surface area is 104 Å². The molecule has 0 aromatic carbocycles. The SMILES string of the molecule is CCN(CC)C(=O)[C@@H]1CC(=O)N(CC(C)C)C1. The molecule has 4 heteroatoms. The highest BCUT2D eigenvalue weighted by atomic mass is 16.2. The van der Waals surface area contributed by atoms with Gasteiger partial charge in [0.1, 0.15) is 0 Å². The van der Waals surface area contributed by atoms with Crippen LogP contribution in [0.25, 0.3) is 0 Å². The van der Waals surface area contributed by atoms with Gasteiger partial charge >= 0.3 is 0 Å². The summed E-state index contributed by atoms with van der Waals surface area (Å²) in [5.41, 5.74) is 0. The average Bonchev–Trinajstić information content (AvgIpc) is 2.61. The molecule has 0 aromatic rings. The second-order valence-corrected chi connectivity index (χ2v) is 5.10. The summed E-state index contributed by atoms with van der Waals surface area (Å²) in [6.07, 6.45) is 0.391. The molecular formula is C13H24N2O2. The molecule has 1 saturated heterocycles. The number of rotatable bonds is 5. The van der Waals surface area contributed by atoms with Crippen LogP contribution < -0.4 is 0 Å². The van der Waals surface area contributed by atoms with Gasteiger partial charge in [-0.3, -0.25) is 9.59 Å². The molecule has 1 aliphatic heterocycles. The summed E-state index contributed by atoms with van der Waals surface area (Å²) in [6, 6.07) is 0. The van der Waals surface area contributed by atoms with E-state index in [2.05, 4.69) is 13.8 Å². The number of carbonyl (C=O) groups excluding carboxylic acids is 2. The highest BCUT2D eigenvalue weighted by Crippen LogP contribution is 2.21. The van der Waals surface area contributed by atoms with Gasteiger partial charge in [0, 0.05) is 32.6 Å². The zero-order valence-electron chi connectivity index (χ0n) is 11.4. The number of nitrogens with zero attached hydrogens (tertiary/aromatic N) is 2. The van der Waals surface area contributed by atoms with Gasteiger partial charge in [0.25, 0.3) is 0 Å². The van der Waals surface area contributed by atoms with Crippen LogP contribution in [0.15, 0.2) is 0 Å². The van der Waals surface area contributed by atoms with Gasteiger partial charge < -0.3 is 9.80 Å². The topological polar surface area (TPSA) is 40.6 Å². The molecule has 0 aliphatic carbocycles. The number of hydrogen-bond acceptors (Lipinski definition) is 2. The average molecular weight is 240 g/mol. The van der Waals surface area contributed by atoms with Crippen LogP contribution in [0, 0.1) is 11.8 Å². The second-order valence-electron chi connectivity index (χ2n) is 5.10. The predicted octanol–water partition coefficient (Wildman–Crippen LogP) is 1.36. The highest BCUT2D eigenvalue weighted by Gasteiger charge is 2.35. The molecule has 0 unspecified atom stereocenters. The molecular weight excluding hydrogens is 216 g/mol. The van der Waals surface area contributed by atoms with Gasteiger partial charge in [-0.1, -0.05) is 13.8 Å². The molecule has 1 heterocycles. The fourth-order valence-corrected chi connectivity index (χ4v) is 2.35. The van der Waals surface area contributed by atoms with E-state index in [1.807, 2.05) is 23.6 Å². The molecule has 0 spiro atoms. The number of amides is 2. The van der Waals surface area contributed by atoms with Crippen LogP contribution in [-0.2, 0) is 9.59 Å². The van der Waals surface area contributed by atoms with Crippen molar-refractivity contribution in [1.82, 2.24) is 9.80 Å². The Morgan fingerprint density at radius 3 is 2.47 bits per heavy atom. The first-order chi connectivity index (χ1) is 7.99. The molecule has 0 saturated carbocycles. The van der Waals surface area contributed by atoms with E-state index in [-0.39, 0.29) is 17.7 Å². The van der Waals surface area contributed by atoms with Crippen molar-refractivity contribution in [2.75, 3.05) is 26.2 Å². The van der Waals surface area contributed by atoms with E-state index in [4.69, 9.17) is 0 Å². The molecule has 0 N–H and O–H groups in total. The summed E-state index contributed by atoms with van der Waals surface area (Å²) in [5.74, 6) is 0.598. The van der Waals surface area contributed by atoms with Crippen molar-refractivity contribution < 1.29 is 9.59 Å². The van der Waals surface area contributed by atoms with E-state index in [1.54, 1.807) is 0 Å². The fourth-order valence-electron chi connectivity index (χ4n) is 2.35. The lowest BCUT2D eigenvalue weighted by Crippen LogP contribution is -2.37. The third-order valence-electron chi connectivity index (χ3n) is 3.22. The molecule has 2 amide bonds. The first-order valence-electron chi connectivity index (χ1n) is 6.56. The minimum absolute atomic E-state index is 0.124. The van der Waals surface area contributed by atoms with E-state index in [0.717, 1.165) is 19.6 Å². The van der Waals surface area contributed by atoms with E-state index in [0.29, 0.717) is 18.9 Å². The minimum atomic E-state index is -0.124. The first kappa shape index (κ1) is 14.0. The molecule has 1 rings (SSSR count). The van der Waals surface area contributed by atoms with Gasteiger partial charge in [0.2, 0.25) is 11.8 Å². The zero-order chi connectivity index (χ0) is 13.0. The zero-order valence-corrected chi connectivity index (χ0v) is 11.4. The maximum absolute atomic E-state index is 12.1. The maximum Gasteiger partial charge on any atom is 0.227 e. The monoisotopic (exact) mass is 240 g/mol. The Morgan fingerprint density at radius 1 is 1.41 bits per heavy atom. The van der Waals surface area contributed by atoms with Crippen LogP contribution in [0.5, 0.6) is 0 Å². The lowest BCUT2D eigenvalue weighted by atomic mass is 10.1. The van der Waals surface area contributed by atoms with Crippen LogP contribution in [-0.4, -0.2) is 47.8 Å². The molecule has 1 aliphatic rings. The summed E-state index contributed by atoms with van der Waals surface area (Å²) in [5, 5.41) is 0. The number of carbonyl (C=O) groups is 2. The predicted molar refractivity (Wildman–Crippen MR) is 67.5 cm³/mol. The molecule has 0 radical (unpaired) electrons. The summed E-state index contributed by atoms with van der Waals surface area (Å²) in [7, 11) is 0. The van der Waals surface area contributed by atoms with E-state index in [9.17, 15) is 9.59 Å². The molecule has 1 fully saturated rings. The second kappa shape index (κ2) is 6.03. The van der Waals surface area contributed by atoms with E-state index < -0.39 is 0 Å². The standard InChI is InChI=1S/C13H24N2O2/c1-5-14(6-2)13(17)11-7-12(16)15(9-11)8-10(3)4/h10-11H,5-9H2,1-4H3/t11-/m1/s1. The molecule has 0 aromatic heterocycles. The van der Waals surface area contributed by atoms with Crippen LogP contribution in [0.1, 0.15) is 34.1 Å². The molecule has 4 nitrogen and oxygen atoms in total. The summed E-state index contributed by atoms with van der Waals surface area (Å²) >= 11 is 0. The van der Waals surface area contributed by atoms with Crippen LogP contribution in [0.3, 0.4) is 0 Å². The fraction of sp³-hybridized carbons (Fsp3) is 0.846. The van der Waals surface area contributed by atoms with Gasteiger partial charge in [0.15, 0.2) is 0 Å². The Bertz CT molecular complexity index is 285. The van der Waals surface area contributed by atoms with Crippen molar-refractivity contribution in [1.29, 1.82) is 0 Å². The maximum atomic E-state index is 12.1. The summed E-state index contributed by atoms with van der Waals surface area (Å²) in [4.78, 5) is 27.6. The van der Waals surface area contributed by atoms with Crippen molar-refractivity contribution >= 4 is 11.8 Å². The van der Waals surface area contributed by atoms with Gasteiger partial charge in [0.05, 0.1) is 5.92 Å². The third kappa shape index (κ3) is 3.45. The summed E-state index contributed by atoms with van der Waals surface area (Å²) in [6.45, 7) is 11.0. The quantitative estimate of drug-likeness (QED) is 0.728. The van der Waals surface area contributed by atoms with E-state index >= 15 is 0 Å². The molecule has 1 atom stereocenters. The molecule has 0 bridgehead atoms. The number of likely N-dealkylation sites (tertiary alicyclic amines) is 1. The van der Waals surface area contributed by atoms with Crippen LogP contribution in [0.4, 0.5) is 0 Å². The third-order valence-corrected chi connectivity index (χ3v) is 3.22. The smallest absolute Gasteiger partial charge is 0.227 e. The Hall–Kier alpha value is -1.06. The van der Waals surface area contributed by atoms with Gasteiger partial charge in [-0.2, -0.15) is 0 Å². The van der Waals surface area contributed by atoms with Crippen LogP contribution in [0.2, 0.25) is 0 Å². The lowest BCUT2D eigenvalue weighted by molar-refractivity contribution is -0.135. The first-order valence-corrected chi connectivity index (χ1v) is 6.56. The van der Waals surface area contributed by atoms with Crippen molar-refractivity contribution in [2.45, 2.75) is 34.1 Å². The normalized spacial score (nSPS) is 20.2. The van der Waals surface area contributed by atoms with Crippen molar-refractivity contribution in [3.05, 3.63) is 0 Å².